The summed E-state index contributed by atoms with van der Waals surface area (Å²) in [6.07, 6.45) is 0. The van der Waals surface area contributed by atoms with Crippen molar-refractivity contribution in [3.8, 4) is 0 Å². The summed E-state index contributed by atoms with van der Waals surface area (Å²) in [5, 5.41) is 3.25. The fourth-order valence-corrected chi connectivity index (χ4v) is 4.09. The van der Waals surface area contributed by atoms with Crippen molar-refractivity contribution in [3.63, 3.8) is 0 Å². The smallest absolute Gasteiger partial charge is 0.252 e. The zero-order valence-electron chi connectivity index (χ0n) is 13.7. The SMILES string of the molecule is C[C@@H]1C2=C(C(=O)N1C)[C@H](c1ccc(F)c(Br)c1)C1=C(COCC1=O)N2. The predicted octanol–water partition coefficient (Wildman–Crippen LogP) is 2.24. The van der Waals surface area contributed by atoms with Crippen LogP contribution in [0.3, 0.4) is 0 Å². The van der Waals surface area contributed by atoms with Crippen molar-refractivity contribution in [2.75, 3.05) is 20.3 Å². The van der Waals surface area contributed by atoms with E-state index in [2.05, 4.69) is 21.2 Å². The largest absolute Gasteiger partial charge is 0.367 e. The molecule has 3 aliphatic heterocycles. The zero-order chi connectivity index (χ0) is 17.9. The molecule has 1 N–H and O–H groups in total. The minimum atomic E-state index is -0.514. The van der Waals surface area contributed by atoms with Crippen LogP contribution in [0.1, 0.15) is 18.4 Å². The van der Waals surface area contributed by atoms with Crippen molar-refractivity contribution >= 4 is 27.6 Å². The van der Waals surface area contributed by atoms with E-state index in [1.807, 2.05) is 6.92 Å². The lowest BCUT2D eigenvalue weighted by atomic mass is 9.78. The Morgan fingerprint density at radius 1 is 1.28 bits per heavy atom. The molecule has 3 aliphatic rings. The van der Waals surface area contributed by atoms with Crippen LogP contribution in [-0.4, -0.2) is 42.9 Å². The van der Waals surface area contributed by atoms with Crippen molar-refractivity contribution in [2.45, 2.75) is 18.9 Å². The molecule has 0 aromatic heterocycles. The number of benzene rings is 1. The third-order valence-corrected chi connectivity index (χ3v) is 5.69. The Kier molecular flexibility index (Phi) is 3.81. The van der Waals surface area contributed by atoms with Crippen molar-refractivity contribution < 1.29 is 18.7 Å². The number of carbonyl (C=O) groups excluding carboxylic acids is 2. The lowest BCUT2D eigenvalue weighted by Gasteiger charge is -2.33. The number of nitrogens with one attached hydrogen (secondary N) is 1. The number of ether oxygens (including phenoxy) is 1. The molecule has 7 heteroatoms. The molecular weight excluding hydrogens is 391 g/mol. The van der Waals surface area contributed by atoms with E-state index in [0.717, 1.165) is 5.70 Å². The maximum Gasteiger partial charge on any atom is 0.252 e. The van der Waals surface area contributed by atoms with Gasteiger partial charge in [0.05, 0.1) is 22.7 Å². The molecule has 2 atom stereocenters. The highest BCUT2D eigenvalue weighted by Crippen LogP contribution is 2.44. The number of amides is 1. The average molecular weight is 407 g/mol. The second-order valence-corrected chi connectivity index (χ2v) is 7.31. The molecule has 130 valence electrons. The number of carbonyl (C=O) groups is 2. The minimum absolute atomic E-state index is 0.0123. The van der Waals surface area contributed by atoms with Gasteiger partial charge in [0.25, 0.3) is 5.91 Å². The summed E-state index contributed by atoms with van der Waals surface area (Å²) in [4.78, 5) is 27.1. The monoisotopic (exact) mass is 406 g/mol. The first-order chi connectivity index (χ1) is 11.9. The lowest BCUT2D eigenvalue weighted by molar-refractivity contribution is -0.125. The van der Waals surface area contributed by atoms with Crippen LogP contribution in [-0.2, 0) is 14.3 Å². The number of halogens is 2. The molecule has 0 spiro atoms. The van der Waals surface area contributed by atoms with Crippen LogP contribution in [0.25, 0.3) is 0 Å². The second-order valence-electron chi connectivity index (χ2n) is 6.46. The molecule has 0 saturated carbocycles. The number of hydrogen-bond acceptors (Lipinski definition) is 4. The van der Waals surface area contributed by atoms with E-state index in [9.17, 15) is 14.0 Å². The first-order valence-electron chi connectivity index (χ1n) is 7.97. The third kappa shape index (κ3) is 2.37. The molecule has 0 unspecified atom stereocenters. The number of dihydropyridines is 1. The van der Waals surface area contributed by atoms with E-state index in [1.54, 1.807) is 24.1 Å². The van der Waals surface area contributed by atoms with Gasteiger partial charge in [-0.3, -0.25) is 9.59 Å². The van der Waals surface area contributed by atoms with Crippen molar-refractivity contribution in [2.24, 2.45) is 0 Å². The molecule has 3 heterocycles. The molecule has 1 amide bonds. The quantitative estimate of drug-likeness (QED) is 0.776. The van der Waals surface area contributed by atoms with Gasteiger partial charge in [-0.2, -0.15) is 0 Å². The Balaban J connectivity index is 1.94. The topological polar surface area (TPSA) is 58.6 Å². The Morgan fingerprint density at radius 2 is 2.04 bits per heavy atom. The number of rotatable bonds is 1. The Hall–Kier alpha value is -1.99. The highest BCUT2D eigenvalue weighted by atomic mass is 79.9. The van der Waals surface area contributed by atoms with E-state index >= 15 is 0 Å². The van der Waals surface area contributed by atoms with Crippen LogP contribution in [0, 0.1) is 5.82 Å². The van der Waals surface area contributed by atoms with E-state index in [0.29, 0.717) is 33.5 Å². The van der Waals surface area contributed by atoms with Crippen LogP contribution in [0.2, 0.25) is 0 Å². The molecular formula is C18H16BrFN2O3. The van der Waals surface area contributed by atoms with Crippen LogP contribution < -0.4 is 5.32 Å². The summed E-state index contributed by atoms with van der Waals surface area (Å²) >= 11 is 3.20. The summed E-state index contributed by atoms with van der Waals surface area (Å²) in [6, 6.07) is 4.49. The normalized spacial score (nSPS) is 26.0. The van der Waals surface area contributed by atoms with Gasteiger partial charge in [-0.15, -0.1) is 0 Å². The van der Waals surface area contributed by atoms with Crippen molar-refractivity contribution in [1.82, 2.24) is 10.2 Å². The van der Waals surface area contributed by atoms with E-state index < -0.39 is 5.92 Å². The molecule has 25 heavy (non-hydrogen) atoms. The van der Waals surface area contributed by atoms with Crippen LogP contribution in [0.15, 0.2) is 45.2 Å². The van der Waals surface area contributed by atoms with Gasteiger partial charge in [0.2, 0.25) is 0 Å². The fourth-order valence-electron chi connectivity index (χ4n) is 3.69. The molecule has 0 radical (unpaired) electrons. The molecule has 0 fully saturated rings. The van der Waals surface area contributed by atoms with E-state index in [4.69, 9.17) is 4.74 Å². The number of nitrogens with zero attached hydrogens (tertiary/aromatic N) is 1. The summed E-state index contributed by atoms with van der Waals surface area (Å²) in [6.45, 7) is 2.21. The molecule has 1 aromatic rings. The molecule has 0 saturated heterocycles. The van der Waals surface area contributed by atoms with Gasteiger partial charge in [-0.25, -0.2) is 4.39 Å². The third-order valence-electron chi connectivity index (χ3n) is 5.08. The lowest BCUT2D eigenvalue weighted by Crippen LogP contribution is -2.38. The number of ketones is 1. The Bertz CT molecular complexity index is 877. The maximum absolute atomic E-state index is 13.7. The van der Waals surface area contributed by atoms with Crippen LogP contribution in [0.5, 0.6) is 0 Å². The number of likely N-dealkylation sites (N-methyl/N-ethyl adjacent to an activating group) is 1. The first kappa shape index (κ1) is 16.5. The fraction of sp³-hybridized carbons (Fsp3) is 0.333. The van der Waals surface area contributed by atoms with Crippen LogP contribution >= 0.6 is 15.9 Å². The van der Waals surface area contributed by atoms with E-state index in [-0.39, 0.29) is 30.2 Å². The molecule has 5 nitrogen and oxygen atoms in total. The highest BCUT2D eigenvalue weighted by Gasteiger charge is 2.46. The average Bonchev–Trinajstić information content (AvgIpc) is 2.80. The van der Waals surface area contributed by atoms with Crippen LogP contribution in [0.4, 0.5) is 4.39 Å². The minimum Gasteiger partial charge on any atom is -0.367 e. The second kappa shape index (κ2) is 5.78. The highest BCUT2D eigenvalue weighted by molar-refractivity contribution is 9.10. The standard InChI is InChI=1S/C18H16BrFN2O3/c1-8-17-16(18(24)22(8)2)14(9-3-4-11(20)10(19)5-9)15-12(21-17)6-25-7-13(15)23/h3-5,8,14,21H,6-7H2,1-2H3/t8-,14-/m1/s1. The first-order valence-corrected chi connectivity index (χ1v) is 8.76. The molecule has 1 aromatic carbocycles. The van der Waals surface area contributed by atoms with Gasteiger partial charge in [-0.1, -0.05) is 6.07 Å². The van der Waals surface area contributed by atoms with Gasteiger partial charge in [0, 0.05) is 29.9 Å². The summed E-state index contributed by atoms with van der Waals surface area (Å²) in [5.41, 5.74) is 3.29. The molecule has 0 bridgehead atoms. The summed E-state index contributed by atoms with van der Waals surface area (Å²) in [7, 11) is 1.74. The van der Waals surface area contributed by atoms with Gasteiger partial charge in [0.1, 0.15) is 12.4 Å². The zero-order valence-corrected chi connectivity index (χ0v) is 15.3. The van der Waals surface area contributed by atoms with Gasteiger partial charge in [-0.05, 0) is 40.5 Å². The van der Waals surface area contributed by atoms with Gasteiger partial charge < -0.3 is 15.0 Å². The molecule has 0 aliphatic carbocycles. The Morgan fingerprint density at radius 3 is 2.76 bits per heavy atom. The van der Waals surface area contributed by atoms with Gasteiger partial charge in [0.15, 0.2) is 5.78 Å². The number of Topliss-reactive ketones (excluding diaryl/α,β-unsaturated/α-hetero) is 1. The molecule has 4 rings (SSSR count). The summed E-state index contributed by atoms with van der Waals surface area (Å²) < 4.78 is 19.4. The van der Waals surface area contributed by atoms with Gasteiger partial charge >= 0.3 is 0 Å². The van der Waals surface area contributed by atoms with Crippen molar-refractivity contribution in [1.29, 1.82) is 0 Å². The predicted molar refractivity (Wildman–Crippen MR) is 92.1 cm³/mol. The Labute approximate surface area is 152 Å². The maximum atomic E-state index is 13.7. The van der Waals surface area contributed by atoms with Crippen molar-refractivity contribution in [3.05, 3.63) is 56.6 Å². The van der Waals surface area contributed by atoms with E-state index in [1.165, 1.54) is 6.07 Å². The summed E-state index contributed by atoms with van der Waals surface area (Å²) in [5.74, 6) is -1.17. The number of hydrogen-bond donors (Lipinski definition) is 1.